The number of epoxide rings is 1. The average molecular weight is 537 g/mol. The van der Waals surface area contributed by atoms with Gasteiger partial charge in [-0.25, -0.2) is 0 Å². The van der Waals surface area contributed by atoms with Gasteiger partial charge in [-0.2, -0.15) is 0 Å². The van der Waals surface area contributed by atoms with Crippen LogP contribution in [-0.4, -0.2) is 87.1 Å². The largest absolute Gasteiger partial charge is 0.459 e. The van der Waals surface area contributed by atoms with Gasteiger partial charge in [0.2, 0.25) is 0 Å². The van der Waals surface area contributed by atoms with Crippen molar-refractivity contribution in [3.63, 3.8) is 0 Å². The minimum Gasteiger partial charge on any atom is -0.459 e. The molecule has 6 fully saturated rings. The summed E-state index contributed by atoms with van der Waals surface area (Å²) in [5, 5.41) is 46.0. The van der Waals surface area contributed by atoms with Gasteiger partial charge in [-0.15, -0.1) is 0 Å². The minimum atomic E-state index is -1.69. The zero-order valence-corrected chi connectivity index (χ0v) is 23.3. The first kappa shape index (κ1) is 27.1. The Hall–Kier alpha value is -1.10. The highest BCUT2D eigenvalue weighted by Gasteiger charge is 2.82. The van der Waals surface area contributed by atoms with Crippen molar-refractivity contribution in [1.29, 1.82) is 0 Å². The lowest BCUT2D eigenvalue weighted by atomic mass is 9.43. The third kappa shape index (κ3) is 3.04. The lowest BCUT2D eigenvalue weighted by Gasteiger charge is -2.60. The summed E-state index contributed by atoms with van der Waals surface area (Å²) in [4.78, 5) is 25.9. The molecule has 1 spiro atoms. The van der Waals surface area contributed by atoms with Crippen molar-refractivity contribution in [1.82, 2.24) is 0 Å². The molecule has 214 valence electrons. The number of hydrogen-bond acceptors (Lipinski definition) is 9. The summed E-state index contributed by atoms with van der Waals surface area (Å²) in [6.07, 6.45) is -2.10. The number of carbonyl (C=O) groups excluding carboxylic acids is 2. The molecule has 4 aliphatic carbocycles. The van der Waals surface area contributed by atoms with Crippen LogP contribution in [0.4, 0.5) is 0 Å². The second kappa shape index (κ2) is 8.23. The second-order valence-corrected chi connectivity index (χ2v) is 14.1. The standard InChI is InChI=1S/C29H44O9/c1-12-13(2)25(34)37-21(12)24(33)28(5,35)22-17(30)10-16-14-9-20-29(38-20)23(32)18(36-6)11-19(31)27(29,4)15(14)7-8-26(16,22)3/h12-18,20-24,30,32-33,35H,7-11H2,1-6H3/t12-,13-,14-,15+,16+,17+,18+,20-,21?,22?,23+,24-,26+,27+,28?,29+/m1/s1. The summed E-state index contributed by atoms with van der Waals surface area (Å²) in [7, 11) is 1.52. The summed E-state index contributed by atoms with van der Waals surface area (Å²) >= 11 is 0. The van der Waals surface area contributed by atoms with E-state index in [0.717, 1.165) is 0 Å². The van der Waals surface area contributed by atoms with Gasteiger partial charge in [0.15, 0.2) is 0 Å². The maximum atomic E-state index is 13.7. The Balaban J connectivity index is 1.31. The molecule has 4 N–H and O–H groups in total. The molecule has 6 aliphatic rings. The normalized spacial score (nSPS) is 57.7. The molecule has 0 bridgehead atoms. The van der Waals surface area contributed by atoms with E-state index >= 15 is 0 Å². The van der Waals surface area contributed by atoms with Gasteiger partial charge in [0.05, 0.1) is 35.2 Å². The van der Waals surface area contributed by atoms with Gasteiger partial charge >= 0.3 is 5.97 Å². The van der Waals surface area contributed by atoms with Crippen molar-refractivity contribution in [3.05, 3.63) is 0 Å². The van der Waals surface area contributed by atoms with Crippen LogP contribution in [0.5, 0.6) is 0 Å². The fourth-order valence-electron chi connectivity index (χ4n) is 10.5. The molecule has 2 saturated heterocycles. The summed E-state index contributed by atoms with van der Waals surface area (Å²) in [6.45, 7) is 9.23. The Labute approximate surface area is 224 Å². The lowest BCUT2D eigenvalue weighted by molar-refractivity contribution is -0.204. The van der Waals surface area contributed by atoms with Crippen LogP contribution < -0.4 is 0 Å². The number of methoxy groups -OCH3 is 1. The molecule has 0 radical (unpaired) electrons. The first-order chi connectivity index (χ1) is 17.7. The molecule has 0 aromatic heterocycles. The Morgan fingerprint density at radius 3 is 2.42 bits per heavy atom. The number of Topliss-reactive ketones (excluding diaryl/α,β-unsaturated/α-hetero) is 1. The molecule has 3 unspecified atom stereocenters. The molecule has 9 nitrogen and oxygen atoms in total. The number of hydrogen-bond donors (Lipinski definition) is 4. The monoisotopic (exact) mass is 536 g/mol. The maximum Gasteiger partial charge on any atom is 0.309 e. The summed E-state index contributed by atoms with van der Waals surface area (Å²) < 4.78 is 17.2. The molecule has 16 atom stereocenters. The van der Waals surface area contributed by atoms with Gasteiger partial charge in [0.25, 0.3) is 0 Å². The summed E-state index contributed by atoms with van der Waals surface area (Å²) in [5.74, 6) is -1.52. The van der Waals surface area contributed by atoms with Gasteiger partial charge in [0, 0.05) is 25.4 Å². The van der Waals surface area contributed by atoms with Crippen LogP contribution in [0.2, 0.25) is 0 Å². The van der Waals surface area contributed by atoms with E-state index in [1.807, 2.05) is 13.8 Å². The van der Waals surface area contributed by atoms with Crippen molar-refractivity contribution in [2.75, 3.05) is 7.11 Å². The fourth-order valence-corrected chi connectivity index (χ4v) is 10.5. The Kier molecular flexibility index (Phi) is 5.87. The molecule has 0 aromatic carbocycles. The van der Waals surface area contributed by atoms with E-state index in [4.69, 9.17) is 14.2 Å². The zero-order valence-electron chi connectivity index (χ0n) is 23.3. The van der Waals surface area contributed by atoms with E-state index in [0.29, 0.717) is 25.7 Å². The van der Waals surface area contributed by atoms with Crippen LogP contribution in [0.15, 0.2) is 0 Å². The van der Waals surface area contributed by atoms with Crippen molar-refractivity contribution in [2.45, 2.75) is 115 Å². The van der Waals surface area contributed by atoms with Crippen LogP contribution in [0.25, 0.3) is 0 Å². The topological polar surface area (TPSA) is 146 Å². The number of carbonyl (C=O) groups is 2. The van der Waals surface area contributed by atoms with Crippen LogP contribution in [0, 0.1) is 46.3 Å². The quantitative estimate of drug-likeness (QED) is 0.308. The molecule has 9 heteroatoms. The first-order valence-corrected chi connectivity index (χ1v) is 14.4. The molecular formula is C29H44O9. The summed E-state index contributed by atoms with van der Waals surface area (Å²) in [6, 6.07) is 0. The zero-order chi connectivity index (χ0) is 27.7. The van der Waals surface area contributed by atoms with Gasteiger partial charge < -0.3 is 34.6 Å². The second-order valence-electron chi connectivity index (χ2n) is 14.1. The predicted molar refractivity (Wildman–Crippen MR) is 134 cm³/mol. The minimum absolute atomic E-state index is 0.00603. The smallest absolute Gasteiger partial charge is 0.309 e. The molecule has 2 aliphatic heterocycles. The van der Waals surface area contributed by atoms with Crippen molar-refractivity contribution in [3.8, 4) is 0 Å². The lowest BCUT2D eigenvalue weighted by Crippen LogP contribution is -2.68. The number of ketones is 1. The SMILES string of the molecule is CO[C@H]1CC(=O)[C@]2(C)[C@H]3CC[C@]4(C)C(C(C)(O)[C@H](O)C5OC(=O)[C@H](C)[C@H]5C)[C@@H](O)C[C@H]4[C@@H]3C[C@H]3O[C@]32[C@H]1O. The van der Waals surface area contributed by atoms with Gasteiger partial charge in [-0.1, -0.05) is 20.8 Å². The van der Waals surface area contributed by atoms with E-state index in [1.54, 1.807) is 13.8 Å². The summed E-state index contributed by atoms with van der Waals surface area (Å²) in [5.41, 5.74) is -3.96. The van der Waals surface area contributed by atoms with Gasteiger partial charge in [-0.3, -0.25) is 9.59 Å². The molecule has 4 saturated carbocycles. The van der Waals surface area contributed by atoms with Crippen molar-refractivity contribution >= 4 is 11.8 Å². The van der Waals surface area contributed by atoms with E-state index in [-0.39, 0.29) is 53.9 Å². The number of rotatable bonds is 4. The number of cyclic esters (lactones) is 1. The third-order valence-electron chi connectivity index (χ3n) is 12.8. The molecule has 38 heavy (non-hydrogen) atoms. The predicted octanol–water partition coefficient (Wildman–Crippen LogP) is 1.22. The van der Waals surface area contributed by atoms with Gasteiger partial charge in [-0.05, 0) is 62.7 Å². The highest BCUT2D eigenvalue weighted by molar-refractivity contribution is 5.89. The Morgan fingerprint density at radius 1 is 1.13 bits per heavy atom. The molecule has 0 amide bonds. The number of aliphatic hydroxyl groups is 4. The van der Waals surface area contributed by atoms with E-state index < -0.39 is 58.5 Å². The highest BCUT2D eigenvalue weighted by atomic mass is 16.6. The Bertz CT molecular complexity index is 1030. The number of ether oxygens (including phenoxy) is 3. The van der Waals surface area contributed by atoms with Crippen LogP contribution >= 0.6 is 0 Å². The molecule has 2 heterocycles. The Morgan fingerprint density at radius 2 is 1.82 bits per heavy atom. The highest BCUT2D eigenvalue weighted by Crippen LogP contribution is 2.74. The molecular weight excluding hydrogens is 492 g/mol. The maximum absolute atomic E-state index is 13.7. The molecule has 0 aromatic rings. The van der Waals surface area contributed by atoms with Crippen LogP contribution in [0.1, 0.15) is 66.7 Å². The number of fused-ring (bicyclic) bond motifs is 4. The van der Waals surface area contributed by atoms with E-state index in [9.17, 15) is 30.0 Å². The fraction of sp³-hybridized carbons (Fsp3) is 0.931. The van der Waals surface area contributed by atoms with Crippen molar-refractivity contribution in [2.24, 2.45) is 46.3 Å². The van der Waals surface area contributed by atoms with Crippen molar-refractivity contribution < 1.29 is 44.2 Å². The van der Waals surface area contributed by atoms with Crippen LogP contribution in [0.3, 0.4) is 0 Å². The first-order valence-electron chi connectivity index (χ1n) is 14.4. The van der Waals surface area contributed by atoms with Crippen LogP contribution in [-0.2, 0) is 23.8 Å². The van der Waals surface area contributed by atoms with Gasteiger partial charge in [0.1, 0.15) is 29.7 Å². The molecule has 6 rings (SSSR count). The number of aliphatic hydroxyl groups excluding tert-OH is 3. The number of esters is 1. The van der Waals surface area contributed by atoms with E-state index in [2.05, 4.69) is 6.92 Å². The third-order valence-corrected chi connectivity index (χ3v) is 12.8. The average Bonchev–Trinajstić information content (AvgIpc) is 3.45. The van der Waals surface area contributed by atoms with E-state index in [1.165, 1.54) is 7.11 Å².